The van der Waals surface area contributed by atoms with Gasteiger partial charge >= 0.3 is 6.09 Å². The Bertz CT molecular complexity index is 1730. The molecule has 2 heterocycles. The number of carbonyl (C=O) groups is 2. The Morgan fingerprint density at radius 1 is 0.898 bits per heavy atom. The van der Waals surface area contributed by atoms with Crippen LogP contribution in [0, 0.1) is 17.6 Å². The fourth-order valence-electron chi connectivity index (χ4n) is 6.40. The smallest absolute Gasteiger partial charge is 0.417 e. The first-order valence-electron chi connectivity index (χ1n) is 16.4. The summed E-state index contributed by atoms with van der Waals surface area (Å²) in [6.07, 6.45) is -0.329. The van der Waals surface area contributed by atoms with Crippen molar-refractivity contribution >= 4 is 26.0 Å². The van der Waals surface area contributed by atoms with Crippen LogP contribution >= 0.6 is 0 Å². The van der Waals surface area contributed by atoms with Crippen LogP contribution in [0.5, 0.6) is 5.75 Å². The van der Waals surface area contributed by atoms with E-state index in [-0.39, 0.29) is 19.4 Å². The van der Waals surface area contributed by atoms with Crippen molar-refractivity contribution < 1.29 is 37.0 Å². The molecule has 0 aromatic heterocycles. The van der Waals surface area contributed by atoms with Crippen LogP contribution in [0.2, 0.25) is 19.6 Å². The summed E-state index contributed by atoms with van der Waals surface area (Å²) < 4.78 is 51.9. The molecule has 0 saturated carbocycles. The monoisotopic (exact) mass is 686 g/mol. The van der Waals surface area contributed by atoms with Crippen molar-refractivity contribution in [3.63, 3.8) is 0 Å². The van der Waals surface area contributed by atoms with Gasteiger partial charge in [0.25, 0.3) is 0 Å². The zero-order valence-electron chi connectivity index (χ0n) is 27.7. The van der Waals surface area contributed by atoms with Crippen molar-refractivity contribution in [2.45, 2.75) is 50.4 Å². The number of amides is 2. The Kier molecular flexibility index (Phi) is 10.1. The lowest BCUT2D eigenvalue weighted by atomic mass is 9.84. The van der Waals surface area contributed by atoms with E-state index in [0.717, 1.165) is 11.1 Å². The summed E-state index contributed by atoms with van der Waals surface area (Å²) in [6.45, 7) is 6.94. The number of nitrogens with one attached hydrogen (secondary N) is 1. The predicted molar refractivity (Wildman–Crippen MR) is 183 cm³/mol. The third-order valence-electron chi connectivity index (χ3n) is 8.67. The summed E-state index contributed by atoms with van der Waals surface area (Å²) in [7, 11) is -1.90. The molecule has 2 amide bonds. The SMILES string of the molecule is C[Si](C)(C)Oc1ccc([C@@H](Nc2ccc(F)cc2)C(CCC2(c3ccc(F)cc3)OCCO2)C(=O)N2C(=O)OCC2c2ccccc2)cc1. The molecule has 4 aromatic carbocycles. The minimum absolute atomic E-state index is 0.0197. The van der Waals surface area contributed by atoms with E-state index in [0.29, 0.717) is 30.2 Å². The van der Waals surface area contributed by atoms with Gasteiger partial charge in [-0.15, -0.1) is 0 Å². The molecule has 2 aliphatic rings. The van der Waals surface area contributed by atoms with Gasteiger partial charge in [0.2, 0.25) is 14.2 Å². The average Bonchev–Trinajstić information content (AvgIpc) is 3.73. The van der Waals surface area contributed by atoms with Gasteiger partial charge < -0.3 is 24.0 Å². The van der Waals surface area contributed by atoms with Crippen LogP contribution in [0.4, 0.5) is 19.3 Å². The Balaban J connectivity index is 1.42. The highest BCUT2D eigenvalue weighted by Crippen LogP contribution is 2.42. The highest BCUT2D eigenvalue weighted by atomic mass is 28.4. The number of hydrogen-bond donors (Lipinski definition) is 1. The van der Waals surface area contributed by atoms with E-state index in [1.807, 2.05) is 54.6 Å². The zero-order valence-corrected chi connectivity index (χ0v) is 28.7. The van der Waals surface area contributed by atoms with Gasteiger partial charge in [0.1, 0.15) is 30.0 Å². The molecule has 6 rings (SSSR count). The first-order valence-corrected chi connectivity index (χ1v) is 19.8. The number of nitrogens with zero attached hydrogens (tertiary/aromatic N) is 1. The van der Waals surface area contributed by atoms with E-state index in [9.17, 15) is 18.4 Å². The van der Waals surface area contributed by atoms with E-state index in [4.69, 9.17) is 18.6 Å². The number of hydrogen-bond acceptors (Lipinski definition) is 7. The Morgan fingerprint density at radius 3 is 2.12 bits per heavy atom. The number of carbonyl (C=O) groups excluding carboxylic acids is 2. The quantitative estimate of drug-likeness (QED) is 0.150. The van der Waals surface area contributed by atoms with E-state index >= 15 is 0 Å². The van der Waals surface area contributed by atoms with Crippen molar-refractivity contribution in [1.82, 2.24) is 4.90 Å². The van der Waals surface area contributed by atoms with E-state index < -0.39 is 55.7 Å². The molecule has 2 saturated heterocycles. The first-order chi connectivity index (χ1) is 23.5. The molecule has 0 aliphatic carbocycles. The van der Waals surface area contributed by atoms with Crippen molar-refractivity contribution in [2.24, 2.45) is 5.92 Å². The van der Waals surface area contributed by atoms with Crippen LogP contribution in [0.3, 0.4) is 0 Å². The molecule has 0 radical (unpaired) electrons. The van der Waals surface area contributed by atoms with Crippen molar-refractivity contribution in [1.29, 1.82) is 0 Å². The number of rotatable bonds is 12. The van der Waals surface area contributed by atoms with Crippen LogP contribution in [-0.2, 0) is 24.8 Å². The molecule has 0 bridgehead atoms. The van der Waals surface area contributed by atoms with E-state index in [1.165, 1.54) is 29.2 Å². The Labute approximate surface area is 286 Å². The van der Waals surface area contributed by atoms with Gasteiger partial charge in [-0.05, 0) is 85.7 Å². The van der Waals surface area contributed by atoms with Crippen LogP contribution in [0.1, 0.15) is 41.6 Å². The molecule has 0 spiro atoms. The molecule has 49 heavy (non-hydrogen) atoms. The predicted octanol–water partition coefficient (Wildman–Crippen LogP) is 8.35. The minimum atomic E-state index is -1.90. The van der Waals surface area contributed by atoms with Gasteiger partial charge in [-0.25, -0.2) is 18.5 Å². The number of anilines is 1. The third kappa shape index (κ3) is 8.01. The molecule has 3 atom stereocenters. The maximum absolute atomic E-state index is 14.9. The van der Waals surface area contributed by atoms with Gasteiger partial charge in [0.15, 0.2) is 5.79 Å². The lowest BCUT2D eigenvalue weighted by Crippen LogP contribution is -2.43. The molecule has 8 nitrogen and oxygen atoms in total. The number of benzene rings is 4. The standard InChI is InChI=1S/C38H40F2N2O6Si/c1-49(2,3)48-32-19-9-27(10-20-32)35(41-31-17-15-30(40)16-18-31)33(21-22-38(46-23-24-47-38)28-11-13-29(39)14-12-28)36(43)42-34(25-45-37(42)44)26-7-5-4-6-8-26/h4-20,33-35,41H,21-25H2,1-3H3/t33?,34?,35-/m1/s1. The molecule has 4 aromatic rings. The van der Waals surface area contributed by atoms with Crippen molar-refractivity contribution in [3.05, 3.63) is 131 Å². The van der Waals surface area contributed by atoms with Gasteiger partial charge in [0.05, 0.1) is 25.2 Å². The fraction of sp³-hybridized carbons (Fsp3) is 0.316. The maximum Gasteiger partial charge on any atom is 0.417 e. The molecule has 1 N–H and O–H groups in total. The van der Waals surface area contributed by atoms with Crippen LogP contribution < -0.4 is 9.74 Å². The van der Waals surface area contributed by atoms with Crippen molar-refractivity contribution in [2.75, 3.05) is 25.1 Å². The molecule has 2 fully saturated rings. The second-order valence-corrected chi connectivity index (χ2v) is 17.7. The third-order valence-corrected chi connectivity index (χ3v) is 9.51. The molecular formula is C38H40F2N2O6Si. The normalized spacial score (nSPS) is 18.5. The molecule has 256 valence electrons. The van der Waals surface area contributed by atoms with Gasteiger partial charge in [-0.3, -0.25) is 4.79 Å². The van der Waals surface area contributed by atoms with Gasteiger partial charge in [-0.1, -0.05) is 54.6 Å². The molecule has 11 heteroatoms. The number of halogens is 2. The summed E-state index contributed by atoms with van der Waals surface area (Å²) in [6, 6.07) is 27.3. The summed E-state index contributed by atoms with van der Waals surface area (Å²) in [5, 5.41) is 3.47. The topological polar surface area (TPSA) is 86.3 Å². The number of imide groups is 1. The van der Waals surface area contributed by atoms with Gasteiger partial charge in [0, 0.05) is 17.7 Å². The van der Waals surface area contributed by atoms with Crippen LogP contribution in [0.25, 0.3) is 0 Å². The average molecular weight is 687 g/mol. The van der Waals surface area contributed by atoms with Crippen LogP contribution in [0.15, 0.2) is 103 Å². The molecule has 2 aliphatic heterocycles. The summed E-state index contributed by atoms with van der Waals surface area (Å²) in [5.74, 6) is -2.64. The highest BCUT2D eigenvalue weighted by molar-refractivity contribution is 6.70. The first kappa shape index (κ1) is 34.3. The summed E-state index contributed by atoms with van der Waals surface area (Å²) in [4.78, 5) is 29.5. The highest BCUT2D eigenvalue weighted by Gasteiger charge is 2.46. The second-order valence-electron chi connectivity index (χ2n) is 13.2. The molecular weight excluding hydrogens is 647 g/mol. The van der Waals surface area contributed by atoms with E-state index in [2.05, 4.69) is 25.0 Å². The Hall–Kier alpha value is -4.58. The fourth-order valence-corrected chi connectivity index (χ4v) is 7.24. The molecule has 2 unspecified atom stereocenters. The summed E-state index contributed by atoms with van der Waals surface area (Å²) in [5.41, 5.74) is 2.72. The van der Waals surface area contributed by atoms with Gasteiger partial charge in [-0.2, -0.15) is 0 Å². The lowest BCUT2D eigenvalue weighted by molar-refractivity contribution is -0.174. The zero-order chi connectivity index (χ0) is 34.6. The number of cyclic esters (lactones) is 1. The summed E-state index contributed by atoms with van der Waals surface area (Å²) >= 11 is 0. The minimum Gasteiger partial charge on any atom is -0.544 e. The van der Waals surface area contributed by atoms with E-state index in [1.54, 1.807) is 24.3 Å². The lowest BCUT2D eigenvalue weighted by Gasteiger charge is -2.35. The van der Waals surface area contributed by atoms with Crippen molar-refractivity contribution in [3.8, 4) is 5.75 Å². The van der Waals surface area contributed by atoms with Crippen LogP contribution in [-0.4, -0.2) is 45.0 Å². The largest absolute Gasteiger partial charge is 0.544 e. The second kappa shape index (κ2) is 14.5. The Morgan fingerprint density at radius 2 is 1.51 bits per heavy atom. The maximum atomic E-state index is 14.9. The number of ether oxygens (including phenoxy) is 3.